The maximum absolute atomic E-state index is 12.5. The van der Waals surface area contributed by atoms with Crippen molar-refractivity contribution in [3.05, 3.63) is 54.4 Å². The van der Waals surface area contributed by atoms with Gasteiger partial charge in [0.1, 0.15) is 5.75 Å². The van der Waals surface area contributed by atoms with Crippen molar-refractivity contribution in [2.45, 2.75) is 17.2 Å². The number of amides is 1. The Bertz CT molecular complexity index is 955. The zero-order chi connectivity index (χ0) is 18.8. The molecule has 1 fully saturated rings. The van der Waals surface area contributed by atoms with Gasteiger partial charge in [-0.25, -0.2) is 0 Å². The standard InChI is InChI=1S/C20H19N3O3S/c1-25-16-5-3-4-13(10-16)19-21-20(26-22-19)14-11-18(24)23(12-14)15-6-8-17(27-2)9-7-15/h3-10,14H,11-12H2,1-2H3. The van der Waals surface area contributed by atoms with E-state index in [0.29, 0.717) is 24.7 Å². The zero-order valence-electron chi connectivity index (χ0n) is 15.1. The molecule has 0 aliphatic carbocycles. The molecule has 3 aromatic rings. The maximum Gasteiger partial charge on any atom is 0.232 e. The minimum absolute atomic E-state index is 0.0676. The van der Waals surface area contributed by atoms with Gasteiger partial charge in [-0.2, -0.15) is 4.98 Å². The first-order valence-electron chi connectivity index (χ1n) is 8.60. The topological polar surface area (TPSA) is 68.5 Å². The molecule has 0 saturated carbocycles. The highest BCUT2D eigenvalue weighted by Gasteiger charge is 2.35. The Kier molecular flexibility index (Phi) is 4.85. The first-order valence-corrected chi connectivity index (χ1v) is 9.83. The van der Waals surface area contributed by atoms with Crippen LogP contribution in [0, 0.1) is 0 Å². The molecule has 6 nitrogen and oxygen atoms in total. The number of rotatable bonds is 5. The molecule has 4 rings (SSSR count). The van der Waals surface area contributed by atoms with Crippen molar-refractivity contribution in [2.24, 2.45) is 0 Å². The Morgan fingerprint density at radius 2 is 2.04 bits per heavy atom. The first-order chi connectivity index (χ1) is 13.2. The molecule has 1 aromatic heterocycles. The minimum atomic E-state index is -0.107. The van der Waals surface area contributed by atoms with Gasteiger partial charge in [0.2, 0.25) is 17.6 Å². The summed E-state index contributed by atoms with van der Waals surface area (Å²) in [4.78, 5) is 20.0. The molecule has 7 heteroatoms. The smallest absolute Gasteiger partial charge is 0.232 e. The second-order valence-corrected chi connectivity index (χ2v) is 7.17. The van der Waals surface area contributed by atoms with Gasteiger partial charge in [-0.3, -0.25) is 4.79 Å². The lowest BCUT2D eigenvalue weighted by molar-refractivity contribution is -0.117. The number of methoxy groups -OCH3 is 1. The van der Waals surface area contributed by atoms with Crippen molar-refractivity contribution in [1.82, 2.24) is 10.1 Å². The Morgan fingerprint density at radius 1 is 1.22 bits per heavy atom. The fourth-order valence-corrected chi connectivity index (χ4v) is 3.57. The summed E-state index contributed by atoms with van der Waals surface area (Å²) in [5.74, 6) is 1.68. The molecule has 27 heavy (non-hydrogen) atoms. The summed E-state index contributed by atoms with van der Waals surface area (Å²) < 4.78 is 10.7. The molecule has 1 unspecified atom stereocenters. The van der Waals surface area contributed by atoms with Gasteiger partial charge in [0.25, 0.3) is 0 Å². The average Bonchev–Trinajstić information content (AvgIpc) is 3.35. The van der Waals surface area contributed by atoms with Gasteiger partial charge < -0.3 is 14.2 Å². The number of hydrogen-bond donors (Lipinski definition) is 0. The minimum Gasteiger partial charge on any atom is -0.497 e. The molecular weight excluding hydrogens is 362 g/mol. The molecule has 0 N–H and O–H groups in total. The van der Waals surface area contributed by atoms with Gasteiger partial charge in [-0.1, -0.05) is 17.3 Å². The molecule has 2 heterocycles. The van der Waals surface area contributed by atoms with E-state index in [1.807, 2.05) is 54.8 Å². The van der Waals surface area contributed by atoms with Crippen LogP contribution < -0.4 is 9.64 Å². The number of ether oxygens (including phenoxy) is 1. The summed E-state index contributed by atoms with van der Waals surface area (Å²) in [6.45, 7) is 0.539. The summed E-state index contributed by atoms with van der Waals surface area (Å²) in [7, 11) is 1.62. The van der Waals surface area contributed by atoms with Gasteiger partial charge in [0.05, 0.1) is 13.0 Å². The third-order valence-corrected chi connectivity index (χ3v) is 5.37. The lowest BCUT2D eigenvalue weighted by Crippen LogP contribution is -2.24. The summed E-state index contributed by atoms with van der Waals surface area (Å²) in [5, 5.41) is 4.08. The molecule has 0 spiro atoms. The van der Waals surface area contributed by atoms with Gasteiger partial charge in [-0.05, 0) is 42.7 Å². The van der Waals surface area contributed by atoms with Crippen molar-refractivity contribution < 1.29 is 14.1 Å². The van der Waals surface area contributed by atoms with Crippen molar-refractivity contribution in [3.8, 4) is 17.1 Å². The molecule has 1 aliphatic rings. The van der Waals surface area contributed by atoms with Crippen LogP contribution in [0.15, 0.2) is 57.9 Å². The largest absolute Gasteiger partial charge is 0.497 e. The molecule has 0 bridgehead atoms. The number of benzene rings is 2. The fourth-order valence-electron chi connectivity index (χ4n) is 3.17. The third-order valence-electron chi connectivity index (χ3n) is 4.63. The van der Waals surface area contributed by atoms with Gasteiger partial charge in [-0.15, -0.1) is 11.8 Å². The highest BCUT2D eigenvalue weighted by Crippen LogP contribution is 2.33. The Labute approximate surface area is 161 Å². The van der Waals surface area contributed by atoms with Gasteiger partial charge >= 0.3 is 0 Å². The van der Waals surface area contributed by atoms with Crippen LogP contribution in [0.4, 0.5) is 5.69 Å². The van der Waals surface area contributed by atoms with E-state index in [0.717, 1.165) is 17.0 Å². The van der Waals surface area contributed by atoms with E-state index in [2.05, 4.69) is 10.1 Å². The van der Waals surface area contributed by atoms with Crippen LogP contribution in [-0.4, -0.2) is 36.0 Å². The molecular formula is C20H19N3O3S. The van der Waals surface area contributed by atoms with E-state index in [9.17, 15) is 4.79 Å². The van der Waals surface area contributed by atoms with Crippen molar-refractivity contribution >= 4 is 23.4 Å². The van der Waals surface area contributed by atoms with Crippen molar-refractivity contribution in [2.75, 3.05) is 24.8 Å². The van der Waals surface area contributed by atoms with E-state index in [4.69, 9.17) is 9.26 Å². The Hall–Kier alpha value is -2.80. The molecule has 1 saturated heterocycles. The number of nitrogens with zero attached hydrogens (tertiary/aromatic N) is 3. The number of thioether (sulfide) groups is 1. The highest BCUT2D eigenvalue weighted by molar-refractivity contribution is 7.98. The van der Waals surface area contributed by atoms with Crippen LogP contribution in [-0.2, 0) is 4.79 Å². The molecule has 1 aliphatic heterocycles. The number of carbonyl (C=O) groups excluding carboxylic acids is 1. The number of carbonyl (C=O) groups is 1. The number of hydrogen-bond acceptors (Lipinski definition) is 6. The van der Waals surface area contributed by atoms with Crippen LogP contribution in [0.2, 0.25) is 0 Å². The van der Waals surface area contributed by atoms with Crippen LogP contribution in [0.5, 0.6) is 5.75 Å². The second-order valence-electron chi connectivity index (χ2n) is 6.29. The summed E-state index contributed by atoms with van der Waals surface area (Å²) in [5.41, 5.74) is 1.71. The van der Waals surface area contributed by atoms with Crippen LogP contribution in [0.3, 0.4) is 0 Å². The van der Waals surface area contributed by atoms with Crippen LogP contribution >= 0.6 is 11.8 Å². The molecule has 1 amide bonds. The van der Waals surface area contributed by atoms with E-state index in [1.54, 1.807) is 23.8 Å². The Morgan fingerprint density at radius 3 is 2.78 bits per heavy atom. The van der Waals surface area contributed by atoms with Gasteiger partial charge in [0.15, 0.2) is 0 Å². The van der Waals surface area contributed by atoms with Crippen molar-refractivity contribution in [3.63, 3.8) is 0 Å². The second kappa shape index (κ2) is 7.44. The number of anilines is 1. The van der Waals surface area contributed by atoms with E-state index in [1.165, 1.54) is 4.90 Å². The van der Waals surface area contributed by atoms with Gasteiger partial charge in [0, 0.05) is 29.1 Å². The van der Waals surface area contributed by atoms with E-state index < -0.39 is 0 Å². The predicted octanol–water partition coefficient (Wildman–Crippen LogP) is 3.99. The van der Waals surface area contributed by atoms with Crippen LogP contribution in [0.25, 0.3) is 11.4 Å². The average molecular weight is 381 g/mol. The Balaban J connectivity index is 1.53. The summed E-state index contributed by atoms with van der Waals surface area (Å²) in [6.07, 6.45) is 2.39. The zero-order valence-corrected chi connectivity index (χ0v) is 15.9. The molecule has 1 atom stereocenters. The van der Waals surface area contributed by atoms with Crippen LogP contribution in [0.1, 0.15) is 18.2 Å². The molecule has 138 valence electrons. The lowest BCUT2D eigenvalue weighted by Gasteiger charge is -2.16. The van der Waals surface area contributed by atoms with Crippen molar-refractivity contribution in [1.29, 1.82) is 0 Å². The maximum atomic E-state index is 12.5. The first kappa shape index (κ1) is 17.6. The monoisotopic (exact) mass is 381 g/mol. The van der Waals surface area contributed by atoms with E-state index in [-0.39, 0.29) is 11.8 Å². The summed E-state index contributed by atoms with van der Waals surface area (Å²) >= 11 is 1.68. The fraction of sp³-hybridized carbons (Fsp3) is 0.250. The normalized spacial score (nSPS) is 16.7. The number of aromatic nitrogens is 2. The lowest BCUT2D eigenvalue weighted by atomic mass is 10.1. The highest BCUT2D eigenvalue weighted by atomic mass is 32.2. The predicted molar refractivity (Wildman–Crippen MR) is 104 cm³/mol. The van der Waals surface area contributed by atoms with E-state index >= 15 is 0 Å². The third kappa shape index (κ3) is 3.55. The molecule has 2 aromatic carbocycles. The summed E-state index contributed by atoms with van der Waals surface area (Å²) in [6, 6.07) is 15.5. The SMILES string of the molecule is COc1cccc(-c2noc(C3CC(=O)N(c4ccc(SC)cc4)C3)n2)c1. The molecule has 0 radical (unpaired) electrons. The quantitative estimate of drug-likeness (QED) is 0.623.